The van der Waals surface area contributed by atoms with Crippen LogP contribution >= 0.6 is 15.9 Å². The molecule has 3 aromatic rings. The van der Waals surface area contributed by atoms with E-state index in [1.807, 2.05) is 26.0 Å². The molecule has 0 aliphatic heterocycles. The zero-order chi connectivity index (χ0) is 17.3. The Morgan fingerprint density at radius 3 is 2.42 bits per heavy atom. The first kappa shape index (κ1) is 16.8. The van der Waals surface area contributed by atoms with E-state index in [0.717, 1.165) is 38.4 Å². The number of ether oxygens (including phenoxy) is 2. The number of H-pyrrole nitrogens is 1. The average molecular weight is 389 g/mol. The minimum atomic E-state index is 0.578. The summed E-state index contributed by atoms with van der Waals surface area (Å²) in [5.41, 5.74) is 5.46. The molecule has 0 aliphatic carbocycles. The Balaban J connectivity index is 2.11. The number of nitrogens with one attached hydrogen (secondary N) is 1. The Kier molecular flexibility index (Phi) is 4.81. The molecule has 0 bridgehead atoms. The summed E-state index contributed by atoms with van der Waals surface area (Å²) < 4.78 is 12.3. The van der Waals surface area contributed by atoms with Gasteiger partial charge in [-0.1, -0.05) is 0 Å². The molecule has 24 heavy (non-hydrogen) atoms. The number of hydrogen-bond acceptors (Lipinski definition) is 3. The Morgan fingerprint density at radius 2 is 1.71 bits per heavy atom. The lowest BCUT2D eigenvalue weighted by molar-refractivity contribution is 0.286. The molecule has 2 aromatic carbocycles. The lowest BCUT2D eigenvalue weighted by Gasteiger charge is -2.13. The second-order valence-electron chi connectivity index (χ2n) is 5.69. The van der Waals surface area contributed by atoms with Gasteiger partial charge in [0, 0.05) is 5.56 Å². The first-order valence-corrected chi connectivity index (χ1v) is 8.89. The van der Waals surface area contributed by atoms with Crippen LogP contribution in [0, 0.1) is 13.8 Å². The van der Waals surface area contributed by atoms with E-state index >= 15 is 0 Å². The maximum absolute atomic E-state index is 5.75. The van der Waals surface area contributed by atoms with Crippen molar-refractivity contribution in [3.63, 3.8) is 0 Å². The van der Waals surface area contributed by atoms with Crippen molar-refractivity contribution in [2.75, 3.05) is 13.2 Å². The predicted octanol–water partition coefficient (Wildman–Crippen LogP) is 5.41. The first-order chi connectivity index (χ1) is 11.5. The van der Waals surface area contributed by atoms with Crippen LogP contribution < -0.4 is 9.47 Å². The molecule has 0 aliphatic rings. The quantitative estimate of drug-likeness (QED) is 0.635. The van der Waals surface area contributed by atoms with Gasteiger partial charge in [-0.15, -0.1) is 0 Å². The SMILES string of the molecule is CCOc1cc(-c2nc3cc(C)c(C)cc3[nH]2)cc(Br)c1OCC. The van der Waals surface area contributed by atoms with Crippen LogP contribution in [-0.4, -0.2) is 23.2 Å². The van der Waals surface area contributed by atoms with Gasteiger partial charge >= 0.3 is 0 Å². The normalized spacial score (nSPS) is 11.0. The van der Waals surface area contributed by atoms with Gasteiger partial charge in [-0.05, 0) is 79.0 Å². The van der Waals surface area contributed by atoms with Crippen LogP contribution in [0.15, 0.2) is 28.7 Å². The lowest BCUT2D eigenvalue weighted by Crippen LogP contribution is -1.99. The van der Waals surface area contributed by atoms with Crippen LogP contribution in [0.3, 0.4) is 0 Å². The van der Waals surface area contributed by atoms with Crippen molar-refractivity contribution < 1.29 is 9.47 Å². The third kappa shape index (κ3) is 3.13. The maximum Gasteiger partial charge on any atom is 0.175 e. The summed E-state index contributed by atoms with van der Waals surface area (Å²) >= 11 is 3.59. The average Bonchev–Trinajstić information content (AvgIpc) is 2.94. The number of aromatic amines is 1. The molecule has 0 saturated carbocycles. The smallest absolute Gasteiger partial charge is 0.175 e. The highest BCUT2D eigenvalue weighted by Crippen LogP contribution is 2.39. The number of benzene rings is 2. The summed E-state index contributed by atoms with van der Waals surface area (Å²) in [5.74, 6) is 2.27. The summed E-state index contributed by atoms with van der Waals surface area (Å²) in [6, 6.07) is 8.22. The molecule has 5 heteroatoms. The van der Waals surface area contributed by atoms with Gasteiger partial charge in [0.25, 0.3) is 0 Å². The second kappa shape index (κ2) is 6.85. The van der Waals surface area contributed by atoms with Crippen molar-refractivity contribution >= 4 is 27.0 Å². The van der Waals surface area contributed by atoms with E-state index in [-0.39, 0.29) is 0 Å². The molecule has 1 heterocycles. The fourth-order valence-electron chi connectivity index (χ4n) is 2.66. The Hall–Kier alpha value is -2.01. The molecule has 0 unspecified atom stereocenters. The summed E-state index contributed by atoms with van der Waals surface area (Å²) in [4.78, 5) is 8.13. The molecule has 1 aromatic heterocycles. The van der Waals surface area contributed by atoms with E-state index in [9.17, 15) is 0 Å². The molecule has 0 fully saturated rings. The fourth-order valence-corrected chi connectivity index (χ4v) is 3.21. The summed E-state index contributed by atoms with van der Waals surface area (Å²) in [5, 5.41) is 0. The number of nitrogens with zero attached hydrogens (tertiary/aromatic N) is 1. The van der Waals surface area contributed by atoms with Gasteiger partial charge in [-0.2, -0.15) is 0 Å². The highest BCUT2D eigenvalue weighted by molar-refractivity contribution is 9.10. The molecule has 0 spiro atoms. The van der Waals surface area contributed by atoms with Gasteiger partial charge in [0.05, 0.1) is 28.7 Å². The highest BCUT2D eigenvalue weighted by Gasteiger charge is 2.15. The van der Waals surface area contributed by atoms with Crippen molar-refractivity contribution in [2.24, 2.45) is 0 Å². The van der Waals surface area contributed by atoms with E-state index in [4.69, 9.17) is 14.5 Å². The van der Waals surface area contributed by atoms with Crippen molar-refractivity contribution in [1.82, 2.24) is 9.97 Å². The number of aryl methyl sites for hydroxylation is 2. The Labute approximate surface area is 150 Å². The minimum Gasteiger partial charge on any atom is -0.490 e. The van der Waals surface area contributed by atoms with Gasteiger partial charge in [-0.25, -0.2) is 4.98 Å². The molecule has 0 amide bonds. The molecule has 3 rings (SSSR count). The molecule has 0 saturated heterocycles. The monoisotopic (exact) mass is 388 g/mol. The van der Waals surface area contributed by atoms with Crippen LogP contribution in [0.1, 0.15) is 25.0 Å². The van der Waals surface area contributed by atoms with E-state index in [0.29, 0.717) is 13.2 Å². The molecule has 1 N–H and O–H groups in total. The van der Waals surface area contributed by atoms with Crippen molar-refractivity contribution in [3.8, 4) is 22.9 Å². The third-order valence-electron chi connectivity index (χ3n) is 3.97. The molecule has 0 atom stereocenters. The Morgan fingerprint density at radius 1 is 1.00 bits per heavy atom. The number of hydrogen-bond donors (Lipinski definition) is 1. The topological polar surface area (TPSA) is 47.1 Å². The van der Waals surface area contributed by atoms with Gasteiger partial charge in [-0.3, -0.25) is 0 Å². The largest absolute Gasteiger partial charge is 0.490 e. The zero-order valence-electron chi connectivity index (χ0n) is 14.4. The van der Waals surface area contributed by atoms with Crippen molar-refractivity contribution in [2.45, 2.75) is 27.7 Å². The van der Waals surface area contributed by atoms with Crippen LogP contribution in [0.5, 0.6) is 11.5 Å². The zero-order valence-corrected chi connectivity index (χ0v) is 16.0. The maximum atomic E-state index is 5.75. The van der Waals surface area contributed by atoms with Crippen LogP contribution in [0.4, 0.5) is 0 Å². The van der Waals surface area contributed by atoms with E-state index < -0.39 is 0 Å². The fraction of sp³-hybridized carbons (Fsp3) is 0.316. The third-order valence-corrected chi connectivity index (χ3v) is 4.56. The van der Waals surface area contributed by atoms with Crippen molar-refractivity contribution in [3.05, 3.63) is 39.9 Å². The van der Waals surface area contributed by atoms with Crippen LogP contribution in [-0.2, 0) is 0 Å². The molecule has 4 nitrogen and oxygen atoms in total. The van der Waals surface area contributed by atoms with Gasteiger partial charge in [0.15, 0.2) is 11.5 Å². The number of rotatable bonds is 5. The minimum absolute atomic E-state index is 0.578. The number of halogens is 1. The Bertz CT molecular complexity index is 848. The van der Waals surface area contributed by atoms with E-state index in [1.165, 1.54) is 11.1 Å². The van der Waals surface area contributed by atoms with E-state index in [2.05, 4.69) is 46.9 Å². The lowest BCUT2D eigenvalue weighted by atomic mass is 10.1. The number of imidazole rings is 1. The summed E-state index contributed by atoms with van der Waals surface area (Å²) in [6.07, 6.45) is 0. The highest BCUT2D eigenvalue weighted by atomic mass is 79.9. The van der Waals surface area contributed by atoms with Crippen LogP contribution in [0.2, 0.25) is 0 Å². The number of aromatic nitrogens is 2. The van der Waals surface area contributed by atoms with Gasteiger partial charge in [0.2, 0.25) is 0 Å². The van der Waals surface area contributed by atoms with Gasteiger partial charge < -0.3 is 14.5 Å². The first-order valence-electron chi connectivity index (χ1n) is 8.10. The molecular weight excluding hydrogens is 368 g/mol. The predicted molar refractivity (Wildman–Crippen MR) is 101 cm³/mol. The summed E-state index contributed by atoms with van der Waals surface area (Å²) in [6.45, 7) is 9.29. The molecule has 0 radical (unpaired) electrons. The van der Waals surface area contributed by atoms with E-state index in [1.54, 1.807) is 0 Å². The van der Waals surface area contributed by atoms with Crippen LogP contribution in [0.25, 0.3) is 22.4 Å². The molecular formula is C19H21BrN2O2. The summed E-state index contributed by atoms with van der Waals surface area (Å²) in [7, 11) is 0. The van der Waals surface area contributed by atoms with Gasteiger partial charge in [0.1, 0.15) is 5.82 Å². The number of fused-ring (bicyclic) bond motifs is 1. The molecule has 126 valence electrons. The second-order valence-corrected chi connectivity index (χ2v) is 6.54. The standard InChI is InChI=1S/C19H21BrN2O2/c1-5-23-17-10-13(9-14(20)18(17)24-6-2)19-21-15-7-11(3)12(4)8-16(15)22-19/h7-10H,5-6H2,1-4H3,(H,21,22). The van der Waals surface area contributed by atoms with Crippen molar-refractivity contribution in [1.29, 1.82) is 0 Å².